The minimum Gasteiger partial charge on any atom is -0.481 e. The van der Waals surface area contributed by atoms with Gasteiger partial charge in [-0.05, 0) is 12.8 Å². The first-order valence-electron chi connectivity index (χ1n) is 5.78. The standard InChI is InChI=1S/C10H18O4.CH3NO2/c11-9(12)7-5-3-1-2-4-6-8-10(13)14;2-1(3)4/h1-8H2,(H,11,12)(H,13,14);2H2,(H,3,4). The van der Waals surface area contributed by atoms with Crippen LogP contribution in [0.4, 0.5) is 4.79 Å². The molecule has 7 nitrogen and oxygen atoms in total. The second kappa shape index (κ2) is 13.3. The van der Waals surface area contributed by atoms with Gasteiger partial charge in [0.2, 0.25) is 0 Å². The van der Waals surface area contributed by atoms with Crippen molar-refractivity contribution in [2.75, 3.05) is 0 Å². The van der Waals surface area contributed by atoms with Crippen LogP contribution in [0.3, 0.4) is 0 Å². The van der Waals surface area contributed by atoms with Gasteiger partial charge in [0.25, 0.3) is 0 Å². The van der Waals surface area contributed by atoms with E-state index in [1.54, 1.807) is 0 Å². The van der Waals surface area contributed by atoms with Gasteiger partial charge in [0.15, 0.2) is 0 Å². The number of carbonyl (C=O) groups is 3. The first-order chi connectivity index (χ1) is 8.36. The zero-order chi connectivity index (χ0) is 14.4. The summed E-state index contributed by atoms with van der Waals surface area (Å²) in [4.78, 5) is 29.1. The molecule has 0 saturated carbocycles. The van der Waals surface area contributed by atoms with Crippen molar-refractivity contribution in [2.24, 2.45) is 5.73 Å². The number of amides is 1. The van der Waals surface area contributed by atoms with Gasteiger partial charge in [0.05, 0.1) is 0 Å². The molecule has 0 aliphatic rings. The summed E-state index contributed by atoms with van der Waals surface area (Å²) in [6.07, 6.45) is 4.49. The number of primary amides is 1. The Bertz CT molecular complexity index is 230. The molecule has 0 unspecified atom stereocenters. The van der Waals surface area contributed by atoms with Crippen LogP contribution in [0.25, 0.3) is 0 Å². The highest BCUT2D eigenvalue weighted by Gasteiger charge is 1.98. The van der Waals surface area contributed by atoms with Gasteiger partial charge in [0, 0.05) is 12.8 Å². The lowest BCUT2D eigenvalue weighted by Gasteiger charge is -1.98. The minimum absolute atomic E-state index is 0.245. The number of rotatable bonds is 9. The highest BCUT2D eigenvalue weighted by Crippen LogP contribution is 2.08. The van der Waals surface area contributed by atoms with Gasteiger partial charge in [-0.2, -0.15) is 0 Å². The average Bonchev–Trinajstić information content (AvgIpc) is 2.20. The van der Waals surface area contributed by atoms with E-state index in [0.717, 1.165) is 38.5 Å². The maximum absolute atomic E-state index is 10.1. The van der Waals surface area contributed by atoms with Crippen molar-refractivity contribution in [3.8, 4) is 0 Å². The lowest BCUT2D eigenvalue weighted by molar-refractivity contribution is -0.138. The Balaban J connectivity index is 0. The molecule has 0 atom stereocenters. The Morgan fingerprint density at radius 2 is 0.889 bits per heavy atom. The molecule has 0 aromatic rings. The number of unbranched alkanes of at least 4 members (excludes halogenated alkanes) is 5. The van der Waals surface area contributed by atoms with E-state index in [1.807, 2.05) is 0 Å². The molecule has 0 rings (SSSR count). The van der Waals surface area contributed by atoms with Crippen LogP contribution >= 0.6 is 0 Å². The molecule has 0 aromatic carbocycles. The monoisotopic (exact) mass is 263 g/mol. The second-order valence-electron chi connectivity index (χ2n) is 3.75. The molecule has 0 aliphatic heterocycles. The summed E-state index contributed by atoms with van der Waals surface area (Å²) < 4.78 is 0. The smallest absolute Gasteiger partial charge is 0.402 e. The fourth-order valence-electron chi connectivity index (χ4n) is 1.26. The molecule has 18 heavy (non-hydrogen) atoms. The van der Waals surface area contributed by atoms with E-state index in [2.05, 4.69) is 5.73 Å². The Hall–Kier alpha value is -1.79. The number of nitrogens with two attached hydrogens (primary N) is 1. The molecule has 0 bridgehead atoms. The number of carboxylic acid groups (broad SMARTS) is 3. The van der Waals surface area contributed by atoms with Crippen molar-refractivity contribution in [2.45, 2.75) is 51.4 Å². The third-order valence-corrected chi connectivity index (χ3v) is 2.03. The summed E-state index contributed by atoms with van der Waals surface area (Å²) in [7, 11) is 0. The van der Waals surface area contributed by atoms with E-state index >= 15 is 0 Å². The maximum atomic E-state index is 10.1. The van der Waals surface area contributed by atoms with Crippen LogP contribution in [0.5, 0.6) is 0 Å². The van der Waals surface area contributed by atoms with E-state index in [1.165, 1.54) is 0 Å². The summed E-state index contributed by atoms with van der Waals surface area (Å²) in [5.41, 5.74) is 4.03. The van der Waals surface area contributed by atoms with E-state index < -0.39 is 18.0 Å². The van der Waals surface area contributed by atoms with Gasteiger partial charge in [-0.1, -0.05) is 25.7 Å². The Morgan fingerprint density at radius 3 is 1.11 bits per heavy atom. The molecule has 0 radical (unpaired) electrons. The largest absolute Gasteiger partial charge is 0.481 e. The lowest BCUT2D eigenvalue weighted by atomic mass is 10.1. The average molecular weight is 263 g/mol. The van der Waals surface area contributed by atoms with Crippen molar-refractivity contribution in [3.05, 3.63) is 0 Å². The highest BCUT2D eigenvalue weighted by atomic mass is 16.4. The van der Waals surface area contributed by atoms with Crippen LogP contribution in [0.2, 0.25) is 0 Å². The highest BCUT2D eigenvalue weighted by molar-refractivity contribution is 5.66. The number of aliphatic carboxylic acids is 2. The first kappa shape index (κ1) is 18.6. The van der Waals surface area contributed by atoms with Crippen molar-refractivity contribution >= 4 is 18.0 Å². The molecule has 0 aliphatic carbocycles. The predicted octanol–water partition coefficient (Wildman–Crippen LogP) is 1.90. The quantitative estimate of drug-likeness (QED) is 0.468. The molecule has 1 amide bonds. The van der Waals surface area contributed by atoms with E-state index in [-0.39, 0.29) is 12.8 Å². The summed E-state index contributed by atoms with van der Waals surface area (Å²) in [5, 5.41) is 23.9. The molecule has 5 N–H and O–H groups in total. The van der Waals surface area contributed by atoms with Crippen molar-refractivity contribution < 1.29 is 29.7 Å². The third-order valence-electron chi connectivity index (χ3n) is 2.03. The van der Waals surface area contributed by atoms with E-state index in [9.17, 15) is 9.59 Å². The topological polar surface area (TPSA) is 138 Å². The molecule has 0 fully saturated rings. The fraction of sp³-hybridized carbons (Fsp3) is 0.727. The summed E-state index contributed by atoms with van der Waals surface area (Å²) >= 11 is 0. The summed E-state index contributed by atoms with van der Waals surface area (Å²) in [5.74, 6) is -1.48. The minimum atomic E-state index is -1.33. The van der Waals surface area contributed by atoms with Crippen LogP contribution in [-0.2, 0) is 9.59 Å². The Labute approximate surface area is 106 Å². The second-order valence-corrected chi connectivity index (χ2v) is 3.75. The molecular formula is C11H21NO6. The molecule has 106 valence electrons. The molecular weight excluding hydrogens is 242 g/mol. The Morgan fingerprint density at radius 1 is 0.667 bits per heavy atom. The molecule has 0 aromatic heterocycles. The van der Waals surface area contributed by atoms with Gasteiger partial charge < -0.3 is 21.1 Å². The van der Waals surface area contributed by atoms with E-state index in [0.29, 0.717) is 0 Å². The summed E-state index contributed by atoms with van der Waals surface area (Å²) in [6.45, 7) is 0. The molecule has 0 spiro atoms. The normalized spacial score (nSPS) is 9.11. The van der Waals surface area contributed by atoms with Crippen molar-refractivity contribution in [3.63, 3.8) is 0 Å². The molecule has 0 saturated heterocycles. The van der Waals surface area contributed by atoms with E-state index in [4.69, 9.17) is 20.1 Å². The zero-order valence-corrected chi connectivity index (χ0v) is 10.3. The number of carboxylic acids is 2. The lowest BCUT2D eigenvalue weighted by Crippen LogP contribution is -2.03. The maximum Gasteiger partial charge on any atom is 0.402 e. The van der Waals surface area contributed by atoms with Crippen LogP contribution in [0, 0.1) is 0 Å². The van der Waals surface area contributed by atoms with Crippen LogP contribution in [-0.4, -0.2) is 33.4 Å². The third kappa shape index (κ3) is 29.2. The summed E-state index contributed by atoms with van der Waals surface area (Å²) in [6, 6.07) is 0. The first-order valence-corrected chi connectivity index (χ1v) is 5.78. The van der Waals surface area contributed by atoms with Gasteiger partial charge in [0.1, 0.15) is 0 Å². The predicted molar refractivity (Wildman–Crippen MR) is 64.4 cm³/mol. The molecule has 0 heterocycles. The van der Waals surface area contributed by atoms with Gasteiger partial charge >= 0.3 is 18.0 Å². The molecule has 7 heteroatoms. The number of hydrogen-bond acceptors (Lipinski definition) is 3. The van der Waals surface area contributed by atoms with Gasteiger partial charge in [-0.3, -0.25) is 9.59 Å². The van der Waals surface area contributed by atoms with Crippen molar-refractivity contribution in [1.29, 1.82) is 0 Å². The van der Waals surface area contributed by atoms with Crippen molar-refractivity contribution in [1.82, 2.24) is 0 Å². The van der Waals surface area contributed by atoms with Gasteiger partial charge in [-0.25, -0.2) is 4.79 Å². The SMILES string of the molecule is NC(=O)O.O=C(O)CCCCCCCCC(=O)O. The van der Waals surface area contributed by atoms with Gasteiger partial charge in [-0.15, -0.1) is 0 Å². The fourth-order valence-corrected chi connectivity index (χ4v) is 1.26. The van der Waals surface area contributed by atoms with Crippen LogP contribution in [0.15, 0.2) is 0 Å². The number of hydrogen-bond donors (Lipinski definition) is 4. The zero-order valence-electron chi connectivity index (χ0n) is 10.3. The Kier molecular flexibility index (Phi) is 13.7. The van der Waals surface area contributed by atoms with Crippen LogP contribution in [0.1, 0.15) is 51.4 Å². The van der Waals surface area contributed by atoms with Crippen LogP contribution < -0.4 is 5.73 Å².